The monoisotopic (exact) mass is 405 g/mol. The van der Waals surface area contributed by atoms with E-state index in [1.165, 1.54) is 6.26 Å². The number of benzene rings is 1. The lowest BCUT2D eigenvalue weighted by atomic mass is 9.95. The molecule has 1 N–H and O–H groups in total. The number of rotatable bonds is 5. The highest BCUT2D eigenvalue weighted by Gasteiger charge is 2.28. The molecule has 3 aromatic rings. The fraction of sp³-hybridized carbons (Fsp3) is 0.273. The average Bonchev–Trinajstić information content (AvgIpc) is 3.45. The zero-order valence-electron chi connectivity index (χ0n) is 16.7. The molecule has 1 fully saturated rings. The van der Waals surface area contributed by atoms with Gasteiger partial charge >= 0.3 is 0 Å². The van der Waals surface area contributed by atoms with Crippen molar-refractivity contribution in [2.24, 2.45) is 7.05 Å². The van der Waals surface area contributed by atoms with E-state index in [0.717, 1.165) is 18.7 Å². The van der Waals surface area contributed by atoms with Crippen molar-refractivity contribution in [1.82, 2.24) is 25.0 Å². The minimum absolute atomic E-state index is 0.191. The molecule has 0 atom stereocenters. The molecular weight excluding hydrogens is 382 g/mol. The number of aryl methyl sites for hydroxylation is 1. The summed E-state index contributed by atoms with van der Waals surface area (Å²) in [5, 5.41) is 10.9. The number of hydrogen-bond acceptors (Lipinski definition) is 5. The first-order valence-corrected chi connectivity index (χ1v) is 9.86. The fourth-order valence-electron chi connectivity index (χ4n) is 3.62. The Balaban J connectivity index is 1.49. The predicted octanol–water partition coefficient (Wildman–Crippen LogP) is 2.59. The van der Waals surface area contributed by atoms with Crippen LogP contribution < -0.4 is 5.32 Å². The largest absolute Gasteiger partial charge is 0.465 e. The lowest BCUT2D eigenvalue weighted by Gasteiger charge is -2.32. The molecular formula is C22H23N5O3. The summed E-state index contributed by atoms with van der Waals surface area (Å²) in [6, 6.07) is 12.3. The molecule has 1 aliphatic rings. The molecule has 8 nitrogen and oxygen atoms in total. The number of amides is 2. The van der Waals surface area contributed by atoms with Crippen LogP contribution in [0.3, 0.4) is 0 Å². The molecule has 2 aromatic heterocycles. The summed E-state index contributed by atoms with van der Waals surface area (Å²) >= 11 is 0. The minimum atomic E-state index is -0.337. The van der Waals surface area contributed by atoms with E-state index in [4.69, 9.17) is 4.42 Å². The van der Waals surface area contributed by atoms with Crippen LogP contribution in [0.2, 0.25) is 0 Å². The third-order valence-corrected chi connectivity index (χ3v) is 5.24. The van der Waals surface area contributed by atoms with Crippen molar-refractivity contribution < 1.29 is 14.0 Å². The lowest BCUT2D eigenvalue weighted by molar-refractivity contribution is -0.128. The average molecular weight is 405 g/mol. The Kier molecular flexibility index (Phi) is 5.74. The summed E-state index contributed by atoms with van der Waals surface area (Å²) in [4.78, 5) is 27.6. The van der Waals surface area contributed by atoms with Gasteiger partial charge in [-0.05, 0) is 37.1 Å². The van der Waals surface area contributed by atoms with Gasteiger partial charge in [0.1, 0.15) is 23.6 Å². The molecule has 30 heavy (non-hydrogen) atoms. The van der Waals surface area contributed by atoms with Gasteiger partial charge in [-0.1, -0.05) is 18.2 Å². The molecule has 0 saturated carbocycles. The first-order valence-electron chi connectivity index (χ1n) is 9.86. The minimum Gasteiger partial charge on any atom is -0.465 e. The van der Waals surface area contributed by atoms with Crippen LogP contribution in [0.1, 0.15) is 40.7 Å². The van der Waals surface area contributed by atoms with Crippen LogP contribution in [0.15, 0.2) is 65.2 Å². The van der Waals surface area contributed by atoms with Gasteiger partial charge in [-0.15, -0.1) is 10.2 Å². The van der Waals surface area contributed by atoms with Crippen molar-refractivity contribution in [2.75, 3.05) is 13.1 Å². The molecule has 154 valence electrons. The molecule has 0 unspecified atom stereocenters. The van der Waals surface area contributed by atoms with E-state index >= 15 is 0 Å². The summed E-state index contributed by atoms with van der Waals surface area (Å²) < 4.78 is 7.27. The number of aromatic nitrogens is 3. The predicted molar refractivity (Wildman–Crippen MR) is 110 cm³/mol. The normalized spacial score (nSPS) is 15.2. The Bertz CT molecular complexity index is 1030. The maximum atomic E-state index is 13.2. The summed E-state index contributed by atoms with van der Waals surface area (Å²) in [7, 11) is 1.93. The van der Waals surface area contributed by atoms with Crippen molar-refractivity contribution in [3.63, 3.8) is 0 Å². The summed E-state index contributed by atoms with van der Waals surface area (Å²) in [5.74, 6) is 1.13. The van der Waals surface area contributed by atoms with E-state index < -0.39 is 0 Å². The first-order chi connectivity index (χ1) is 14.6. The maximum absolute atomic E-state index is 13.2. The topological polar surface area (TPSA) is 93.3 Å². The summed E-state index contributed by atoms with van der Waals surface area (Å²) in [5.41, 5.74) is 0.674. The first kappa shape index (κ1) is 19.6. The second-order valence-corrected chi connectivity index (χ2v) is 7.26. The SMILES string of the molecule is Cn1cnnc1C1CCN(C(=O)/C(=C/c2ccco2)NC(=O)c2ccccc2)CC1. The Morgan fingerprint density at radius 3 is 2.53 bits per heavy atom. The van der Waals surface area contributed by atoms with Gasteiger partial charge in [0, 0.05) is 37.7 Å². The molecule has 0 aliphatic carbocycles. The Morgan fingerprint density at radius 2 is 1.90 bits per heavy atom. The molecule has 1 aromatic carbocycles. The van der Waals surface area contributed by atoms with E-state index in [0.29, 0.717) is 24.4 Å². The van der Waals surface area contributed by atoms with Gasteiger partial charge in [-0.2, -0.15) is 0 Å². The van der Waals surface area contributed by atoms with Crippen molar-refractivity contribution in [3.8, 4) is 0 Å². The van der Waals surface area contributed by atoms with Crippen molar-refractivity contribution in [2.45, 2.75) is 18.8 Å². The third kappa shape index (κ3) is 4.32. The smallest absolute Gasteiger partial charge is 0.270 e. The van der Waals surface area contributed by atoms with E-state index in [2.05, 4.69) is 15.5 Å². The fourth-order valence-corrected chi connectivity index (χ4v) is 3.62. The Morgan fingerprint density at radius 1 is 1.13 bits per heavy atom. The van der Waals surface area contributed by atoms with Gasteiger partial charge in [0.05, 0.1) is 6.26 Å². The van der Waals surface area contributed by atoms with Crippen LogP contribution in [-0.2, 0) is 11.8 Å². The van der Waals surface area contributed by atoms with Crippen LogP contribution in [0.5, 0.6) is 0 Å². The quantitative estimate of drug-likeness (QED) is 0.659. The molecule has 1 saturated heterocycles. The zero-order chi connectivity index (χ0) is 20.9. The highest BCUT2D eigenvalue weighted by atomic mass is 16.3. The van der Waals surface area contributed by atoms with Gasteiger partial charge in [0.2, 0.25) is 0 Å². The van der Waals surface area contributed by atoms with Gasteiger partial charge in [-0.25, -0.2) is 0 Å². The number of hydrogen-bond donors (Lipinski definition) is 1. The molecule has 0 spiro atoms. The summed E-state index contributed by atoms with van der Waals surface area (Å²) in [6.45, 7) is 1.15. The highest BCUT2D eigenvalue weighted by molar-refractivity contribution is 6.05. The van der Waals surface area contributed by atoms with E-state index in [9.17, 15) is 9.59 Å². The number of piperidine rings is 1. The second-order valence-electron chi connectivity index (χ2n) is 7.26. The van der Waals surface area contributed by atoms with Crippen molar-refractivity contribution in [1.29, 1.82) is 0 Å². The summed E-state index contributed by atoms with van der Waals surface area (Å²) in [6.07, 6.45) is 6.37. The lowest BCUT2D eigenvalue weighted by Crippen LogP contribution is -2.42. The second kappa shape index (κ2) is 8.77. The number of nitrogens with zero attached hydrogens (tertiary/aromatic N) is 4. The zero-order valence-corrected chi connectivity index (χ0v) is 16.7. The number of furan rings is 1. The molecule has 2 amide bonds. The van der Waals surface area contributed by atoms with Crippen molar-refractivity contribution >= 4 is 17.9 Å². The van der Waals surface area contributed by atoms with Gasteiger partial charge in [0.25, 0.3) is 11.8 Å². The molecule has 8 heteroatoms. The van der Waals surface area contributed by atoms with Crippen LogP contribution in [0.25, 0.3) is 6.08 Å². The standard InChI is InChI=1S/C22H23N5O3/c1-26-15-23-25-20(26)16-9-11-27(12-10-16)22(29)19(14-18-8-5-13-30-18)24-21(28)17-6-3-2-4-7-17/h2-8,13-16H,9-12H2,1H3,(H,24,28)/b19-14-. The number of carbonyl (C=O) groups is 2. The molecule has 3 heterocycles. The molecule has 1 aliphatic heterocycles. The number of likely N-dealkylation sites (tertiary alicyclic amines) is 1. The van der Waals surface area contributed by atoms with Crippen LogP contribution in [-0.4, -0.2) is 44.6 Å². The molecule has 0 bridgehead atoms. The van der Waals surface area contributed by atoms with Gasteiger partial charge in [0.15, 0.2) is 0 Å². The molecule has 0 radical (unpaired) electrons. The number of nitrogens with one attached hydrogen (secondary N) is 1. The van der Waals surface area contributed by atoms with Crippen LogP contribution >= 0.6 is 0 Å². The van der Waals surface area contributed by atoms with Gasteiger partial charge in [-0.3, -0.25) is 9.59 Å². The van der Waals surface area contributed by atoms with Crippen molar-refractivity contribution in [3.05, 3.63) is 77.9 Å². The van der Waals surface area contributed by atoms with E-state index in [-0.39, 0.29) is 23.4 Å². The highest BCUT2D eigenvalue weighted by Crippen LogP contribution is 2.26. The van der Waals surface area contributed by atoms with Gasteiger partial charge < -0.3 is 19.2 Å². The Labute approximate surface area is 174 Å². The van der Waals surface area contributed by atoms with Crippen LogP contribution in [0.4, 0.5) is 0 Å². The molecule has 4 rings (SSSR count). The third-order valence-electron chi connectivity index (χ3n) is 5.24. The van der Waals surface area contributed by atoms with Crippen LogP contribution in [0, 0.1) is 0 Å². The number of carbonyl (C=O) groups excluding carboxylic acids is 2. The van der Waals surface area contributed by atoms with E-state index in [1.807, 2.05) is 17.7 Å². The maximum Gasteiger partial charge on any atom is 0.270 e. The Hall–Kier alpha value is -3.68. The van der Waals surface area contributed by atoms with E-state index in [1.54, 1.807) is 53.7 Å².